The fourth-order valence-electron chi connectivity index (χ4n) is 4.59. The molecule has 186 valence electrons. The summed E-state index contributed by atoms with van der Waals surface area (Å²) in [6.07, 6.45) is 0.639. The summed E-state index contributed by atoms with van der Waals surface area (Å²) in [4.78, 5) is 27.0. The van der Waals surface area contributed by atoms with Crippen LogP contribution in [0.25, 0.3) is 11.0 Å². The molecule has 0 spiro atoms. The normalized spacial score (nSPS) is 15.0. The summed E-state index contributed by atoms with van der Waals surface area (Å²) in [5.74, 6) is 1.72. The molecule has 5 rings (SSSR count). The Bertz CT molecular complexity index is 1510. The Kier molecular flexibility index (Phi) is 6.49. The van der Waals surface area contributed by atoms with Crippen molar-refractivity contribution < 1.29 is 27.8 Å². The second-order valence-electron chi connectivity index (χ2n) is 8.49. The van der Waals surface area contributed by atoms with Crippen LogP contribution in [0.1, 0.15) is 33.3 Å². The highest BCUT2D eigenvalue weighted by atomic mass is 79.9. The maximum atomic E-state index is 13.4. The van der Waals surface area contributed by atoms with E-state index < -0.39 is 11.7 Å². The highest BCUT2D eigenvalue weighted by molar-refractivity contribution is 9.10. The molecule has 1 atom stereocenters. The maximum Gasteiger partial charge on any atom is 0.336 e. The Morgan fingerprint density at radius 1 is 1.06 bits per heavy atom. The number of nitrogens with zero attached hydrogens (tertiary/aromatic N) is 1. The van der Waals surface area contributed by atoms with E-state index in [-0.39, 0.29) is 18.3 Å². The van der Waals surface area contributed by atoms with Crippen LogP contribution in [-0.2, 0) is 6.42 Å². The number of hydrogen-bond donors (Lipinski definition) is 0. The summed E-state index contributed by atoms with van der Waals surface area (Å²) < 4.78 is 28.6. The van der Waals surface area contributed by atoms with Gasteiger partial charge in [0.2, 0.25) is 0 Å². The number of amides is 1. The molecular weight excluding hydrogens is 530 g/mol. The van der Waals surface area contributed by atoms with Gasteiger partial charge >= 0.3 is 5.63 Å². The van der Waals surface area contributed by atoms with E-state index >= 15 is 0 Å². The molecule has 0 fully saturated rings. The van der Waals surface area contributed by atoms with Gasteiger partial charge in [0.05, 0.1) is 20.3 Å². The van der Waals surface area contributed by atoms with Crippen LogP contribution in [0.4, 0.5) is 0 Å². The molecule has 4 aromatic rings. The van der Waals surface area contributed by atoms with Crippen molar-refractivity contribution in [2.45, 2.75) is 19.4 Å². The van der Waals surface area contributed by atoms with E-state index in [9.17, 15) is 9.59 Å². The summed E-state index contributed by atoms with van der Waals surface area (Å²) in [6, 6.07) is 13.6. The number of methoxy groups -OCH3 is 2. The van der Waals surface area contributed by atoms with Gasteiger partial charge < -0.3 is 27.9 Å². The molecule has 0 N–H and O–H groups in total. The number of carbonyl (C=O) groups is 1. The predicted molar refractivity (Wildman–Crippen MR) is 136 cm³/mol. The lowest BCUT2D eigenvalue weighted by molar-refractivity contribution is 0.0556. The highest BCUT2D eigenvalue weighted by Crippen LogP contribution is 2.39. The first-order valence-electron chi connectivity index (χ1n) is 11.4. The molecule has 1 aliphatic heterocycles. The third-order valence-corrected chi connectivity index (χ3v) is 6.80. The van der Waals surface area contributed by atoms with Crippen molar-refractivity contribution in [1.82, 2.24) is 4.90 Å². The molecule has 36 heavy (non-hydrogen) atoms. The third-order valence-electron chi connectivity index (χ3n) is 6.38. The second-order valence-corrected chi connectivity index (χ2v) is 9.27. The monoisotopic (exact) mass is 553 g/mol. The topological polar surface area (TPSA) is 91.4 Å². The first-order valence-corrected chi connectivity index (χ1v) is 12.2. The fourth-order valence-corrected chi connectivity index (χ4v) is 4.90. The molecular formula is C27H24BrNO7. The Balaban J connectivity index is 1.51. The molecule has 2 aromatic heterocycles. The number of hydrogen-bond acceptors (Lipinski definition) is 7. The smallest absolute Gasteiger partial charge is 0.336 e. The molecule has 0 saturated heterocycles. The Morgan fingerprint density at radius 3 is 2.56 bits per heavy atom. The zero-order valence-corrected chi connectivity index (χ0v) is 21.6. The highest BCUT2D eigenvalue weighted by Gasteiger charge is 2.34. The van der Waals surface area contributed by atoms with Gasteiger partial charge in [-0.3, -0.25) is 4.79 Å². The number of aryl methyl sites for hydroxylation is 1. The lowest BCUT2D eigenvalue weighted by Crippen LogP contribution is -2.42. The van der Waals surface area contributed by atoms with Crippen molar-refractivity contribution >= 4 is 32.8 Å². The van der Waals surface area contributed by atoms with Gasteiger partial charge in [-0.25, -0.2) is 4.79 Å². The lowest BCUT2D eigenvalue weighted by Gasteiger charge is -2.37. The van der Waals surface area contributed by atoms with Crippen LogP contribution >= 0.6 is 15.9 Å². The number of furan rings is 1. The maximum absolute atomic E-state index is 13.4. The van der Waals surface area contributed by atoms with Crippen molar-refractivity contribution in [2.24, 2.45) is 0 Å². The van der Waals surface area contributed by atoms with Crippen molar-refractivity contribution in [2.75, 3.05) is 27.4 Å². The van der Waals surface area contributed by atoms with E-state index in [1.807, 2.05) is 31.2 Å². The Hall–Kier alpha value is -3.72. The molecule has 0 unspecified atom stereocenters. The first kappa shape index (κ1) is 24.0. The fraction of sp³-hybridized carbons (Fsp3) is 0.259. The number of fused-ring (bicyclic) bond motifs is 2. The molecule has 0 aliphatic carbocycles. The third kappa shape index (κ3) is 4.46. The van der Waals surface area contributed by atoms with E-state index in [2.05, 4.69) is 15.9 Å². The molecule has 1 aliphatic rings. The molecule has 8 nitrogen and oxygen atoms in total. The number of halogens is 1. The molecule has 9 heteroatoms. The molecule has 0 bridgehead atoms. The van der Waals surface area contributed by atoms with Gasteiger partial charge in [0, 0.05) is 24.1 Å². The largest absolute Gasteiger partial charge is 0.493 e. The van der Waals surface area contributed by atoms with Gasteiger partial charge in [0.25, 0.3) is 5.91 Å². The van der Waals surface area contributed by atoms with E-state index in [0.29, 0.717) is 40.5 Å². The van der Waals surface area contributed by atoms with E-state index in [4.69, 9.17) is 23.0 Å². The van der Waals surface area contributed by atoms with Crippen LogP contribution in [0.2, 0.25) is 0 Å². The minimum absolute atomic E-state index is 0.164. The van der Waals surface area contributed by atoms with Crippen LogP contribution in [0.3, 0.4) is 0 Å². The summed E-state index contributed by atoms with van der Waals surface area (Å²) in [7, 11) is 3.17. The molecule has 0 radical (unpaired) electrons. The quantitative estimate of drug-likeness (QED) is 0.299. The minimum atomic E-state index is -0.426. The van der Waals surface area contributed by atoms with E-state index in [1.54, 1.807) is 37.3 Å². The van der Waals surface area contributed by atoms with Gasteiger partial charge in [0.1, 0.15) is 17.9 Å². The van der Waals surface area contributed by atoms with Gasteiger partial charge in [0.15, 0.2) is 21.9 Å². The van der Waals surface area contributed by atoms with Crippen LogP contribution in [0, 0.1) is 6.92 Å². The molecule has 3 heterocycles. The number of rotatable bonds is 6. The number of benzene rings is 2. The van der Waals surface area contributed by atoms with Crippen LogP contribution in [0.5, 0.6) is 17.2 Å². The average Bonchev–Trinajstić information content (AvgIpc) is 3.31. The number of carbonyl (C=O) groups excluding carboxylic acids is 1. The Morgan fingerprint density at radius 2 is 1.83 bits per heavy atom. The van der Waals surface area contributed by atoms with Gasteiger partial charge in [-0.05, 0) is 82.4 Å². The van der Waals surface area contributed by atoms with Crippen LogP contribution in [0.15, 0.2) is 66.8 Å². The summed E-state index contributed by atoms with van der Waals surface area (Å²) in [5, 5.41) is 0.835. The van der Waals surface area contributed by atoms with E-state index in [1.165, 1.54) is 6.07 Å². The van der Waals surface area contributed by atoms with Gasteiger partial charge in [-0.15, -0.1) is 0 Å². The van der Waals surface area contributed by atoms with Crippen molar-refractivity contribution in [3.05, 3.63) is 86.1 Å². The first-order chi connectivity index (χ1) is 17.4. The Labute approximate surface area is 215 Å². The molecule has 2 aromatic carbocycles. The minimum Gasteiger partial charge on any atom is -0.493 e. The van der Waals surface area contributed by atoms with Crippen LogP contribution in [-0.4, -0.2) is 38.2 Å². The van der Waals surface area contributed by atoms with Crippen LogP contribution < -0.4 is 19.8 Å². The van der Waals surface area contributed by atoms with Crippen molar-refractivity contribution in [3.63, 3.8) is 0 Å². The summed E-state index contributed by atoms with van der Waals surface area (Å²) in [5.41, 5.74) is 2.81. The number of ether oxygens (including phenoxy) is 3. The van der Waals surface area contributed by atoms with Crippen molar-refractivity contribution in [3.8, 4) is 17.2 Å². The van der Waals surface area contributed by atoms with E-state index in [0.717, 1.165) is 22.1 Å². The SMILES string of the molecule is COc1cc2c(cc1OC)[C@H](COc1ccc3c(C)cc(=O)oc3c1)N(C(=O)c1ccc(Br)o1)CC2. The molecule has 0 saturated carbocycles. The summed E-state index contributed by atoms with van der Waals surface area (Å²) >= 11 is 3.27. The summed E-state index contributed by atoms with van der Waals surface area (Å²) in [6.45, 7) is 2.49. The predicted octanol–water partition coefficient (Wildman–Crippen LogP) is 5.29. The van der Waals surface area contributed by atoms with Gasteiger partial charge in [-0.2, -0.15) is 0 Å². The van der Waals surface area contributed by atoms with Crippen molar-refractivity contribution in [1.29, 1.82) is 0 Å². The zero-order valence-electron chi connectivity index (χ0n) is 20.0. The standard InChI is InChI=1S/C27H24BrNO7/c1-15-10-26(30)36-22-12-17(4-5-18(15)22)34-14-20-19-13-24(33-3)23(32-2)11-16(19)8-9-29(20)27(31)21-6-7-25(28)35-21/h4-7,10-13,20H,8-9,14H2,1-3H3/t20-/m0/s1. The second kappa shape index (κ2) is 9.73. The average molecular weight is 554 g/mol. The lowest BCUT2D eigenvalue weighted by atomic mass is 9.92. The molecule has 1 amide bonds. The zero-order chi connectivity index (χ0) is 25.4. The van der Waals surface area contributed by atoms with Gasteiger partial charge in [-0.1, -0.05) is 0 Å².